The van der Waals surface area contributed by atoms with Crippen molar-refractivity contribution in [3.05, 3.63) is 41.7 Å². The zero-order chi connectivity index (χ0) is 16.6. The molecular formula is C19H28N4O. The largest absolute Gasteiger partial charge is 0.338 e. The average Bonchev–Trinajstić information content (AvgIpc) is 2.64. The van der Waals surface area contributed by atoms with E-state index in [1.807, 2.05) is 23.2 Å². The van der Waals surface area contributed by atoms with Gasteiger partial charge >= 0.3 is 6.03 Å². The van der Waals surface area contributed by atoms with Crippen molar-refractivity contribution in [3.63, 3.8) is 0 Å². The molecule has 0 radical (unpaired) electrons. The van der Waals surface area contributed by atoms with Crippen LogP contribution >= 0.6 is 0 Å². The van der Waals surface area contributed by atoms with Crippen molar-refractivity contribution in [1.82, 2.24) is 20.1 Å². The summed E-state index contributed by atoms with van der Waals surface area (Å²) >= 11 is 0. The zero-order valence-electron chi connectivity index (χ0n) is 14.4. The first-order valence-corrected chi connectivity index (χ1v) is 9.14. The predicted octanol–water partition coefficient (Wildman–Crippen LogP) is 2.80. The van der Waals surface area contributed by atoms with Crippen LogP contribution in [0, 0.1) is 0 Å². The summed E-state index contributed by atoms with van der Waals surface area (Å²) in [5, 5.41) is 3.08. The van der Waals surface area contributed by atoms with Gasteiger partial charge in [-0.1, -0.05) is 17.7 Å². The van der Waals surface area contributed by atoms with Gasteiger partial charge in [0, 0.05) is 45.5 Å². The Balaban J connectivity index is 1.35. The molecule has 130 valence electrons. The molecule has 2 aliphatic rings. The first-order chi connectivity index (χ1) is 11.8. The van der Waals surface area contributed by atoms with Crippen LogP contribution < -0.4 is 5.32 Å². The first kappa shape index (κ1) is 17.0. The molecule has 1 aliphatic carbocycles. The maximum Gasteiger partial charge on any atom is 0.317 e. The number of nitrogens with zero attached hydrogens (tertiary/aromatic N) is 3. The van der Waals surface area contributed by atoms with Crippen LogP contribution in [0.1, 0.15) is 37.8 Å². The molecular weight excluding hydrogens is 300 g/mol. The number of hydrogen-bond donors (Lipinski definition) is 1. The third kappa shape index (κ3) is 5.06. The molecule has 0 saturated carbocycles. The molecule has 3 rings (SSSR count). The molecule has 1 aromatic rings. The van der Waals surface area contributed by atoms with Crippen LogP contribution in [0.2, 0.25) is 0 Å². The summed E-state index contributed by atoms with van der Waals surface area (Å²) in [5.74, 6) is 0. The Morgan fingerprint density at radius 2 is 2.04 bits per heavy atom. The minimum absolute atomic E-state index is 0.0869. The summed E-state index contributed by atoms with van der Waals surface area (Å²) in [6.07, 6.45) is 10.2. The smallest absolute Gasteiger partial charge is 0.317 e. The standard InChI is InChI=1S/C19H28N4O/c24-19(21-11-9-17-6-2-1-3-7-17)23-14-12-22(13-15-23)16-18-8-4-5-10-20-18/h4-6,8,10H,1-3,7,9,11-16H2,(H,21,24). The fourth-order valence-electron chi connectivity index (χ4n) is 3.40. The molecule has 0 unspecified atom stereocenters. The molecule has 5 heteroatoms. The van der Waals surface area contributed by atoms with E-state index in [0.717, 1.165) is 51.4 Å². The number of nitrogens with one attached hydrogen (secondary N) is 1. The Hall–Kier alpha value is -1.88. The highest BCUT2D eigenvalue weighted by Crippen LogP contribution is 2.19. The quantitative estimate of drug-likeness (QED) is 0.846. The molecule has 1 aromatic heterocycles. The average molecular weight is 328 g/mol. The number of allylic oxidation sites excluding steroid dienone is 1. The Morgan fingerprint density at radius 1 is 1.17 bits per heavy atom. The second kappa shape index (κ2) is 8.83. The zero-order valence-corrected chi connectivity index (χ0v) is 14.4. The van der Waals surface area contributed by atoms with Gasteiger partial charge in [0.2, 0.25) is 0 Å². The summed E-state index contributed by atoms with van der Waals surface area (Å²) in [4.78, 5) is 20.9. The summed E-state index contributed by atoms with van der Waals surface area (Å²) < 4.78 is 0. The normalized spacial score (nSPS) is 19.0. The van der Waals surface area contributed by atoms with Crippen molar-refractivity contribution < 1.29 is 4.79 Å². The van der Waals surface area contributed by atoms with Crippen molar-refractivity contribution in [2.75, 3.05) is 32.7 Å². The predicted molar refractivity (Wildman–Crippen MR) is 95.7 cm³/mol. The summed E-state index contributed by atoms with van der Waals surface area (Å²) in [7, 11) is 0. The van der Waals surface area contributed by atoms with Gasteiger partial charge in [0.1, 0.15) is 0 Å². The lowest BCUT2D eigenvalue weighted by molar-refractivity contribution is 0.134. The van der Waals surface area contributed by atoms with Crippen molar-refractivity contribution in [1.29, 1.82) is 0 Å². The van der Waals surface area contributed by atoms with Gasteiger partial charge in [0.25, 0.3) is 0 Å². The Bertz CT molecular complexity index is 550. The van der Waals surface area contributed by atoms with Gasteiger partial charge in [-0.15, -0.1) is 0 Å². The molecule has 1 N–H and O–H groups in total. The van der Waals surface area contributed by atoms with Crippen molar-refractivity contribution in [3.8, 4) is 0 Å². The van der Waals surface area contributed by atoms with Crippen LogP contribution in [0.5, 0.6) is 0 Å². The number of hydrogen-bond acceptors (Lipinski definition) is 3. The summed E-state index contributed by atoms with van der Waals surface area (Å²) in [5.41, 5.74) is 2.61. The van der Waals surface area contributed by atoms with Gasteiger partial charge in [-0.05, 0) is 44.2 Å². The van der Waals surface area contributed by atoms with Crippen LogP contribution in [0.25, 0.3) is 0 Å². The second-order valence-electron chi connectivity index (χ2n) is 6.67. The van der Waals surface area contributed by atoms with E-state index in [2.05, 4.69) is 27.3 Å². The molecule has 0 spiro atoms. The molecule has 0 aromatic carbocycles. The van der Waals surface area contributed by atoms with Crippen LogP contribution in [0.15, 0.2) is 36.0 Å². The number of aromatic nitrogens is 1. The highest BCUT2D eigenvalue weighted by atomic mass is 16.2. The number of urea groups is 1. The minimum atomic E-state index is 0.0869. The van der Waals surface area contributed by atoms with E-state index in [0.29, 0.717) is 0 Å². The molecule has 24 heavy (non-hydrogen) atoms. The van der Waals surface area contributed by atoms with Gasteiger partial charge in [-0.25, -0.2) is 4.79 Å². The molecule has 5 nitrogen and oxygen atoms in total. The van der Waals surface area contributed by atoms with E-state index in [4.69, 9.17) is 0 Å². The monoisotopic (exact) mass is 328 g/mol. The van der Waals surface area contributed by atoms with E-state index in [1.165, 1.54) is 31.3 Å². The number of carbonyl (C=O) groups is 1. The highest BCUT2D eigenvalue weighted by Gasteiger charge is 2.21. The molecule has 2 amide bonds. The minimum Gasteiger partial charge on any atom is -0.338 e. The Labute approximate surface area is 144 Å². The first-order valence-electron chi connectivity index (χ1n) is 9.14. The molecule has 2 heterocycles. The van der Waals surface area contributed by atoms with E-state index in [9.17, 15) is 4.79 Å². The van der Waals surface area contributed by atoms with Crippen molar-refractivity contribution in [2.24, 2.45) is 0 Å². The molecule has 0 bridgehead atoms. The third-order valence-corrected chi connectivity index (χ3v) is 4.88. The van der Waals surface area contributed by atoms with Gasteiger partial charge in [-0.3, -0.25) is 9.88 Å². The van der Waals surface area contributed by atoms with Crippen molar-refractivity contribution in [2.45, 2.75) is 38.6 Å². The fourth-order valence-corrected chi connectivity index (χ4v) is 3.40. The summed E-state index contributed by atoms with van der Waals surface area (Å²) in [6, 6.07) is 6.10. The SMILES string of the molecule is O=C(NCCC1=CCCCC1)N1CCN(Cc2ccccn2)CC1. The van der Waals surface area contributed by atoms with Gasteiger partial charge < -0.3 is 10.2 Å². The van der Waals surface area contributed by atoms with E-state index >= 15 is 0 Å². The molecule has 1 fully saturated rings. The second-order valence-corrected chi connectivity index (χ2v) is 6.67. The number of piperazine rings is 1. The van der Waals surface area contributed by atoms with Gasteiger partial charge in [0.05, 0.1) is 5.69 Å². The molecule has 0 atom stereocenters. The summed E-state index contributed by atoms with van der Waals surface area (Å²) in [6.45, 7) is 5.04. The van der Waals surface area contributed by atoms with E-state index in [-0.39, 0.29) is 6.03 Å². The van der Waals surface area contributed by atoms with Crippen LogP contribution in [-0.4, -0.2) is 53.5 Å². The van der Waals surface area contributed by atoms with E-state index in [1.54, 1.807) is 0 Å². The fraction of sp³-hybridized carbons (Fsp3) is 0.579. The number of amides is 2. The third-order valence-electron chi connectivity index (χ3n) is 4.88. The molecule has 1 aliphatic heterocycles. The lowest BCUT2D eigenvalue weighted by Crippen LogP contribution is -2.51. The maximum absolute atomic E-state index is 12.3. The van der Waals surface area contributed by atoms with Crippen LogP contribution in [0.4, 0.5) is 4.79 Å². The Kier molecular flexibility index (Phi) is 6.24. The molecule has 1 saturated heterocycles. The topological polar surface area (TPSA) is 48.5 Å². The van der Waals surface area contributed by atoms with Gasteiger partial charge in [-0.2, -0.15) is 0 Å². The van der Waals surface area contributed by atoms with Crippen LogP contribution in [0.3, 0.4) is 0 Å². The van der Waals surface area contributed by atoms with Crippen molar-refractivity contribution >= 4 is 6.03 Å². The Morgan fingerprint density at radius 3 is 2.75 bits per heavy atom. The van der Waals surface area contributed by atoms with E-state index < -0.39 is 0 Å². The maximum atomic E-state index is 12.3. The van der Waals surface area contributed by atoms with Gasteiger partial charge in [0.15, 0.2) is 0 Å². The number of carbonyl (C=O) groups excluding carboxylic acids is 1. The highest BCUT2D eigenvalue weighted by molar-refractivity contribution is 5.74. The number of pyridine rings is 1. The van der Waals surface area contributed by atoms with Crippen LogP contribution in [-0.2, 0) is 6.54 Å². The lowest BCUT2D eigenvalue weighted by Gasteiger charge is -2.34. The number of rotatable bonds is 5. The lowest BCUT2D eigenvalue weighted by atomic mass is 9.97.